The molecule has 1 aliphatic rings. The summed E-state index contributed by atoms with van der Waals surface area (Å²) in [5.74, 6) is 0.707. The topological polar surface area (TPSA) is 39.6 Å². The minimum Gasteiger partial charge on any atom is -0.394 e. The Morgan fingerprint density at radius 3 is 2.70 bits per heavy atom. The van der Waals surface area contributed by atoms with E-state index in [4.69, 9.17) is 0 Å². The number of rotatable bonds is 5. The van der Waals surface area contributed by atoms with Crippen LogP contribution in [0.15, 0.2) is 24.4 Å². The van der Waals surface area contributed by atoms with Crippen LogP contribution in [0.1, 0.15) is 32.5 Å². The summed E-state index contributed by atoms with van der Waals surface area (Å²) in [7, 11) is 0. The van der Waals surface area contributed by atoms with Gasteiger partial charge < -0.3 is 10.0 Å². The van der Waals surface area contributed by atoms with Gasteiger partial charge in [0.1, 0.15) is 0 Å². The molecule has 0 saturated carbocycles. The highest BCUT2D eigenvalue weighted by Gasteiger charge is 2.30. The van der Waals surface area contributed by atoms with Crippen LogP contribution in [-0.2, 0) is 0 Å². The van der Waals surface area contributed by atoms with E-state index < -0.39 is 0 Å². The van der Waals surface area contributed by atoms with Crippen molar-refractivity contribution in [2.24, 2.45) is 5.92 Å². The summed E-state index contributed by atoms with van der Waals surface area (Å²) >= 11 is 0. The lowest BCUT2D eigenvalue weighted by atomic mass is 10.1. The van der Waals surface area contributed by atoms with Crippen molar-refractivity contribution in [1.82, 2.24) is 14.8 Å². The average molecular weight is 277 g/mol. The normalized spacial score (nSPS) is 23.1. The van der Waals surface area contributed by atoms with E-state index in [1.165, 1.54) is 0 Å². The number of aliphatic hydroxyl groups is 1. The first kappa shape index (κ1) is 15.4. The van der Waals surface area contributed by atoms with Crippen molar-refractivity contribution in [2.45, 2.75) is 32.9 Å². The SMILES string of the molecule is CC(C)CN1CCN(C(CO)c2ccccn2)C(C)C1. The van der Waals surface area contributed by atoms with Crippen LogP contribution < -0.4 is 0 Å². The van der Waals surface area contributed by atoms with Crippen molar-refractivity contribution in [2.75, 3.05) is 32.8 Å². The van der Waals surface area contributed by atoms with Gasteiger partial charge in [-0.3, -0.25) is 9.88 Å². The zero-order valence-electron chi connectivity index (χ0n) is 12.9. The van der Waals surface area contributed by atoms with Gasteiger partial charge in [0, 0.05) is 38.4 Å². The zero-order chi connectivity index (χ0) is 14.5. The molecule has 2 rings (SSSR count). The van der Waals surface area contributed by atoms with Gasteiger partial charge in [-0.1, -0.05) is 19.9 Å². The monoisotopic (exact) mass is 277 g/mol. The molecule has 0 aromatic carbocycles. The van der Waals surface area contributed by atoms with E-state index in [0.29, 0.717) is 12.0 Å². The fourth-order valence-electron chi connectivity index (χ4n) is 3.13. The van der Waals surface area contributed by atoms with E-state index >= 15 is 0 Å². The molecule has 1 saturated heterocycles. The van der Waals surface area contributed by atoms with Crippen molar-refractivity contribution < 1.29 is 5.11 Å². The smallest absolute Gasteiger partial charge is 0.0758 e. The fraction of sp³-hybridized carbons (Fsp3) is 0.688. The third kappa shape index (κ3) is 3.78. The quantitative estimate of drug-likeness (QED) is 0.890. The summed E-state index contributed by atoms with van der Waals surface area (Å²) < 4.78 is 0. The molecule has 112 valence electrons. The number of aromatic nitrogens is 1. The van der Waals surface area contributed by atoms with Crippen LogP contribution in [0.25, 0.3) is 0 Å². The van der Waals surface area contributed by atoms with E-state index in [9.17, 15) is 5.11 Å². The first-order valence-corrected chi connectivity index (χ1v) is 7.61. The lowest BCUT2D eigenvalue weighted by Gasteiger charge is -2.43. The summed E-state index contributed by atoms with van der Waals surface area (Å²) in [5, 5.41) is 9.77. The molecule has 1 aromatic rings. The van der Waals surface area contributed by atoms with Crippen LogP contribution in [-0.4, -0.2) is 58.7 Å². The van der Waals surface area contributed by atoms with E-state index in [1.807, 2.05) is 18.2 Å². The van der Waals surface area contributed by atoms with Gasteiger partial charge in [0.2, 0.25) is 0 Å². The summed E-state index contributed by atoms with van der Waals surface area (Å²) in [6.45, 7) is 11.2. The summed E-state index contributed by atoms with van der Waals surface area (Å²) in [4.78, 5) is 9.33. The van der Waals surface area contributed by atoms with Crippen molar-refractivity contribution in [3.8, 4) is 0 Å². The van der Waals surface area contributed by atoms with Gasteiger partial charge in [0.25, 0.3) is 0 Å². The Morgan fingerprint density at radius 2 is 2.15 bits per heavy atom. The highest BCUT2D eigenvalue weighted by molar-refractivity contribution is 5.10. The number of piperazine rings is 1. The van der Waals surface area contributed by atoms with E-state index in [-0.39, 0.29) is 12.6 Å². The highest BCUT2D eigenvalue weighted by atomic mass is 16.3. The molecule has 1 aromatic heterocycles. The number of pyridine rings is 1. The van der Waals surface area contributed by atoms with Gasteiger partial charge in [-0.2, -0.15) is 0 Å². The second kappa shape index (κ2) is 7.16. The molecule has 1 fully saturated rings. The predicted octanol–water partition coefficient (Wildman–Crippen LogP) is 1.78. The van der Waals surface area contributed by atoms with Gasteiger partial charge in [0.15, 0.2) is 0 Å². The Kier molecular flexibility index (Phi) is 5.52. The van der Waals surface area contributed by atoms with Crippen LogP contribution >= 0.6 is 0 Å². The molecule has 0 aliphatic carbocycles. The van der Waals surface area contributed by atoms with Crippen molar-refractivity contribution in [3.63, 3.8) is 0 Å². The molecule has 0 bridgehead atoms. The summed E-state index contributed by atoms with van der Waals surface area (Å²) in [6, 6.07) is 6.38. The molecular weight excluding hydrogens is 250 g/mol. The van der Waals surface area contributed by atoms with Crippen LogP contribution in [0.4, 0.5) is 0 Å². The van der Waals surface area contributed by atoms with E-state index in [2.05, 4.69) is 35.6 Å². The summed E-state index contributed by atoms with van der Waals surface area (Å²) in [6.07, 6.45) is 1.80. The maximum Gasteiger partial charge on any atom is 0.0758 e. The average Bonchev–Trinajstić information content (AvgIpc) is 2.42. The second-order valence-corrected chi connectivity index (χ2v) is 6.19. The van der Waals surface area contributed by atoms with Gasteiger partial charge in [-0.05, 0) is 25.0 Å². The number of nitrogens with zero attached hydrogens (tertiary/aromatic N) is 3. The molecule has 0 amide bonds. The zero-order valence-corrected chi connectivity index (χ0v) is 12.9. The highest BCUT2D eigenvalue weighted by Crippen LogP contribution is 2.23. The number of hydrogen-bond acceptors (Lipinski definition) is 4. The van der Waals surface area contributed by atoms with Crippen molar-refractivity contribution in [3.05, 3.63) is 30.1 Å². The number of hydrogen-bond donors (Lipinski definition) is 1. The Morgan fingerprint density at radius 1 is 1.35 bits per heavy atom. The van der Waals surface area contributed by atoms with Crippen LogP contribution in [0, 0.1) is 5.92 Å². The molecule has 2 unspecified atom stereocenters. The molecule has 2 atom stereocenters. The van der Waals surface area contributed by atoms with Gasteiger partial charge >= 0.3 is 0 Å². The van der Waals surface area contributed by atoms with Gasteiger partial charge in [0.05, 0.1) is 18.3 Å². The summed E-state index contributed by atoms with van der Waals surface area (Å²) in [5.41, 5.74) is 0.971. The predicted molar refractivity (Wildman–Crippen MR) is 81.5 cm³/mol. The van der Waals surface area contributed by atoms with E-state index in [1.54, 1.807) is 6.20 Å². The second-order valence-electron chi connectivity index (χ2n) is 6.19. The van der Waals surface area contributed by atoms with Gasteiger partial charge in [-0.15, -0.1) is 0 Å². The first-order valence-electron chi connectivity index (χ1n) is 7.61. The first-order chi connectivity index (χ1) is 9.61. The van der Waals surface area contributed by atoms with E-state index in [0.717, 1.165) is 31.9 Å². The minimum atomic E-state index is 0.0207. The van der Waals surface area contributed by atoms with Crippen LogP contribution in [0.5, 0.6) is 0 Å². The molecule has 4 nitrogen and oxygen atoms in total. The lowest BCUT2D eigenvalue weighted by Crippen LogP contribution is -2.54. The molecular formula is C16H27N3O. The van der Waals surface area contributed by atoms with Crippen LogP contribution in [0.2, 0.25) is 0 Å². The Bertz CT molecular complexity index is 396. The van der Waals surface area contributed by atoms with Crippen LogP contribution in [0.3, 0.4) is 0 Å². The molecule has 0 radical (unpaired) electrons. The molecule has 1 N–H and O–H groups in total. The largest absolute Gasteiger partial charge is 0.394 e. The lowest BCUT2D eigenvalue weighted by molar-refractivity contribution is 0.0200. The molecule has 2 heterocycles. The Labute approximate surface area is 122 Å². The standard InChI is InChI=1S/C16H27N3O/c1-13(2)10-18-8-9-19(14(3)11-18)16(12-20)15-6-4-5-7-17-15/h4-7,13-14,16,20H,8-12H2,1-3H3. The number of aliphatic hydroxyl groups excluding tert-OH is 1. The maximum atomic E-state index is 9.77. The molecule has 1 aliphatic heterocycles. The molecule has 20 heavy (non-hydrogen) atoms. The third-order valence-electron chi connectivity index (χ3n) is 3.99. The minimum absolute atomic E-state index is 0.0207. The molecule has 0 spiro atoms. The Hall–Kier alpha value is -0.970. The fourth-order valence-corrected chi connectivity index (χ4v) is 3.13. The maximum absolute atomic E-state index is 9.77. The molecule has 4 heteroatoms. The Balaban J connectivity index is 2.02. The van der Waals surface area contributed by atoms with Crippen molar-refractivity contribution >= 4 is 0 Å². The third-order valence-corrected chi connectivity index (χ3v) is 3.99. The van der Waals surface area contributed by atoms with Gasteiger partial charge in [-0.25, -0.2) is 0 Å². The van der Waals surface area contributed by atoms with Crippen molar-refractivity contribution in [1.29, 1.82) is 0 Å².